The van der Waals surface area contributed by atoms with E-state index in [0.29, 0.717) is 12.2 Å². The molecule has 0 saturated carbocycles. The summed E-state index contributed by atoms with van der Waals surface area (Å²) in [5.41, 5.74) is 5.63. The Hall–Kier alpha value is -3.45. The smallest absolute Gasteiger partial charge is 0.282 e. The van der Waals surface area contributed by atoms with Crippen LogP contribution in [-0.2, 0) is 16.1 Å². The minimum Gasteiger partial charge on any atom is -0.326 e. The molecule has 7 nitrogen and oxygen atoms in total. The number of amides is 2. The Morgan fingerprint density at radius 1 is 1.10 bits per heavy atom. The predicted molar refractivity (Wildman–Crippen MR) is 116 cm³/mol. The molecule has 0 fully saturated rings. The summed E-state index contributed by atoms with van der Waals surface area (Å²) < 4.78 is 1.95. The van der Waals surface area contributed by atoms with Crippen LogP contribution in [0, 0.1) is 13.8 Å². The third-order valence-electron chi connectivity index (χ3n) is 5.45. The zero-order valence-electron chi connectivity index (χ0n) is 17.5. The third kappa shape index (κ3) is 3.84. The van der Waals surface area contributed by atoms with Gasteiger partial charge in [0.2, 0.25) is 5.91 Å². The van der Waals surface area contributed by atoms with Crippen LogP contribution in [0.2, 0.25) is 0 Å². The molecule has 2 heterocycles. The topological polar surface area (TPSA) is 71.7 Å². The van der Waals surface area contributed by atoms with Gasteiger partial charge in [0, 0.05) is 0 Å². The number of anilines is 2. The fourth-order valence-electron chi connectivity index (χ4n) is 3.93. The van der Waals surface area contributed by atoms with Gasteiger partial charge in [0.05, 0.1) is 41.1 Å². The first-order valence-electron chi connectivity index (χ1n) is 10.0. The molecule has 1 atom stereocenters. The SMILES string of the molecule is Cc1nn(-c2ccccc2)c(C)c1C[NH+](C)CC(=O)N1CC(=O)Nc2ccccc21. The minimum absolute atomic E-state index is 0.0487. The molecule has 0 radical (unpaired) electrons. The number of carbonyl (C=O) groups excluding carboxylic acids is 2. The van der Waals surface area contributed by atoms with E-state index >= 15 is 0 Å². The molecule has 30 heavy (non-hydrogen) atoms. The molecular weight excluding hydrogens is 378 g/mol. The first-order chi connectivity index (χ1) is 14.4. The van der Waals surface area contributed by atoms with Gasteiger partial charge in [-0.05, 0) is 38.1 Å². The molecule has 3 aromatic rings. The van der Waals surface area contributed by atoms with E-state index in [1.165, 1.54) is 0 Å². The number of benzene rings is 2. The number of hydrogen-bond acceptors (Lipinski definition) is 3. The number of para-hydroxylation sites is 3. The summed E-state index contributed by atoms with van der Waals surface area (Å²) in [4.78, 5) is 27.6. The maximum Gasteiger partial charge on any atom is 0.282 e. The summed E-state index contributed by atoms with van der Waals surface area (Å²) in [5.74, 6) is -0.240. The van der Waals surface area contributed by atoms with Gasteiger partial charge in [0.15, 0.2) is 6.54 Å². The van der Waals surface area contributed by atoms with Crippen molar-refractivity contribution in [3.8, 4) is 5.69 Å². The third-order valence-corrected chi connectivity index (χ3v) is 5.45. The van der Waals surface area contributed by atoms with E-state index in [0.717, 1.165) is 33.2 Å². The van der Waals surface area contributed by atoms with Crippen molar-refractivity contribution < 1.29 is 14.5 Å². The van der Waals surface area contributed by atoms with Crippen molar-refractivity contribution in [1.29, 1.82) is 0 Å². The lowest BCUT2D eigenvalue weighted by Crippen LogP contribution is -3.09. The maximum absolute atomic E-state index is 13.0. The molecule has 1 aromatic heterocycles. The first-order valence-corrected chi connectivity index (χ1v) is 10.0. The number of aromatic nitrogens is 2. The van der Waals surface area contributed by atoms with Crippen molar-refractivity contribution in [1.82, 2.24) is 9.78 Å². The number of likely N-dealkylation sites (N-methyl/N-ethyl adjacent to an activating group) is 1. The van der Waals surface area contributed by atoms with Crippen LogP contribution in [0.5, 0.6) is 0 Å². The molecule has 0 aliphatic carbocycles. The largest absolute Gasteiger partial charge is 0.326 e. The van der Waals surface area contributed by atoms with Gasteiger partial charge in [-0.3, -0.25) is 14.5 Å². The highest BCUT2D eigenvalue weighted by Crippen LogP contribution is 2.28. The van der Waals surface area contributed by atoms with Crippen LogP contribution in [0.3, 0.4) is 0 Å². The fourth-order valence-corrected chi connectivity index (χ4v) is 3.93. The Kier molecular flexibility index (Phi) is 5.37. The van der Waals surface area contributed by atoms with Crippen LogP contribution in [0.1, 0.15) is 17.0 Å². The van der Waals surface area contributed by atoms with Crippen molar-refractivity contribution >= 4 is 23.2 Å². The summed E-state index contributed by atoms with van der Waals surface area (Å²) in [5, 5.41) is 7.52. The average molecular weight is 404 g/mol. The molecule has 2 amide bonds. The van der Waals surface area contributed by atoms with Gasteiger partial charge in [0.25, 0.3) is 5.91 Å². The number of nitrogens with one attached hydrogen (secondary N) is 2. The quantitative estimate of drug-likeness (QED) is 0.677. The lowest BCUT2D eigenvalue weighted by Gasteiger charge is -2.29. The predicted octanol–water partition coefficient (Wildman–Crippen LogP) is 1.49. The molecular formula is C23H26N5O2+. The van der Waals surface area contributed by atoms with E-state index in [1.54, 1.807) is 4.90 Å². The summed E-state index contributed by atoms with van der Waals surface area (Å²) in [6, 6.07) is 17.4. The number of hydrogen-bond donors (Lipinski definition) is 2. The Bertz CT molecular complexity index is 1090. The maximum atomic E-state index is 13.0. The van der Waals surface area contributed by atoms with E-state index in [4.69, 9.17) is 5.10 Å². The van der Waals surface area contributed by atoms with Gasteiger partial charge in [-0.25, -0.2) is 4.68 Å². The number of aryl methyl sites for hydroxylation is 1. The standard InChI is InChI=1S/C23H25N5O2/c1-16-19(17(2)28(25-16)18-9-5-4-6-10-18)13-26(3)15-23(30)27-14-22(29)24-20-11-7-8-12-21(20)27/h4-12H,13-15H2,1-3H3,(H,24,29)/p+1. The molecule has 0 spiro atoms. The van der Waals surface area contributed by atoms with E-state index in [2.05, 4.69) is 12.2 Å². The summed E-state index contributed by atoms with van der Waals surface area (Å²) >= 11 is 0. The van der Waals surface area contributed by atoms with Crippen molar-refractivity contribution in [3.63, 3.8) is 0 Å². The van der Waals surface area contributed by atoms with Gasteiger partial charge in [0.1, 0.15) is 13.1 Å². The average Bonchev–Trinajstić information content (AvgIpc) is 3.02. The summed E-state index contributed by atoms with van der Waals surface area (Å²) in [6.45, 7) is 5.08. The van der Waals surface area contributed by atoms with Gasteiger partial charge >= 0.3 is 0 Å². The normalized spacial score (nSPS) is 14.2. The monoisotopic (exact) mass is 404 g/mol. The molecule has 1 aliphatic heterocycles. The van der Waals surface area contributed by atoms with Crippen LogP contribution >= 0.6 is 0 Å². The van der Waals surface area contributed by atoms with Crippen molar-refractivity contribution in [3.05, 3.63) is 71.5 Å². The van der Waals surface area contributed by atoms with Crippen LogP contribution in [0.4, 0.5) is 11.4 Å². The Morgan fingerprint density at radius 3 is 2.57 bits per heavy atom. The molecule has 2 N–H and O–H groups in total. The number of carbonyl (C=O) groups is 2. The van der Waals surface area contributed by atoms with E-state index < -0.39 is 0 Å². The molecule has 4 rings (SSSR count). The zero-order chi connectivity index (χ0) is 21.3. The molecule has 1 aliphatic rings. The van der Waals surface area contributed by atoms with Crippen LogP contribution in [-0.4, -0.2) is 41.7 Å². The number of fused-ring (bicyclic) bond motifs is 1. The van der Waals surface area contributed by atoms with E-state index in [1.807, 2.05) is 73.3 Å². The zero-order valence-corrected chi connectivity index (χ0v) is 17.5. The second-order valence-electron chi connectivity index (χ2n) is 7.75. The van der Waals surface area contributed by atoms with Gasteiger partial charge in [-0.1, -0.05) is 30.3 Å². The van der Waals surface area contributed by atoms with Crippen molar-refractivity contribution in [2.24, 2.45) is 0 Å². The Balaban J connectivity index is 1.49. The highest BCUT2D eigenvalue weighted by Gasteiger charge is 2.28. The van der Waals surface area contributed by atoms with Gasteiger partial charge in [-0.15, -0.1) is 0 Å². The lowest BCUT2D eigenvalue weighted by molar-refractivity contribution is -0.885. The van der Waals surface area contributed by atoms with Gasteiger partial charge < -0.3 is 10.2 Å². The van der Waals surface area contributed by atoms with Crippen molar-refractivity contribution in [2.75, 3.05) is 30.4 Å². The molecule has 2 aromatic carbocycles. The summed E-state index contributed by atoms with van der Waals surface area (Å²) in [7, 11) is 1.99. The van der Waals surface area contributed by atoms with Crippen LogP contribution < -0.4 is 15.1 Å². The number of rotatable bonds is 5. The van der Waals surface area contributed by atoms with Crippen LogP contribution in [0.25, 0.3) is 5.69 Å². The number of quaternary nitrogens is 1. The minimum atomic E-state index is -0.171. The Morgan fingerprint density at radius 2 is 1.80 bits per heavy atom. The highest BCUT2D eigenvalue weighted by atomic mass is 16.2. The lowest BCUT2D eigenvalue weighted by atomic mass is 10.1. The molecule has 0 bridgehead atoms. The molecule has 154 valence electrons. The van der Waals surface area contributed by atoms with E-state index in [-0.39, 0.29) is 24.9 Å². The highest BCUT2D eigenvalue weighted by molar-refractivity contribution is 6.10. The Labute approximate surface area is 175 Å². The molecule has 7 heteroatoms. The first kappa shape index (κ1) is 19.8. The second-order valence-corrected chi connectivity index (χ2v) is 7.75. The summed E-state index contributed by atoms with van der Waals surface area (Å²) in [6.07, 6.45) is 0. The van der Waals surface area contributed by atoms with Crippen molar-refractivity contribution in [2.45, 2.75) is 20.4 Å². The van der Waals surface area contributed by atoms with E-state index in [9.17, 15) is 9.59 Å². The second kappa shape index (κ2) is 8.12. The molecule has 1 unspecified atom stereocenters. The van der Waals surface area contributed by atoms with Crippen LogP contribution in [0.15, 0.2) is 54.6 Å². The van der Waals surface area contributed by atoms with Gasteiger partial charge in [-0.2, -0.15) is 5.10 Å². The molecule has 0 saturated heterocycles. The fraction of sp³-hybridized carbons (Fsp3) is 0.261. The number of nitrogens with zero attached hydrogens (tertiary/aromatic N) is 3.